The zero-order valence-corrected chi connectivity index (χ0v) is 29.4. The summed E-state index contributed by atoms with van der Waals surface area (Å²) in [5.41, 5.74) is -2.00. The summed E-state index contributed by atoms with van der Waals surface area (Å²) in [5, 5.41) is 4.82. The number of halogens is 5. The molecule has 0 aliphatic carbocycles. The predicted octanol–water partition coefficient (Wildman–Crippen LogP) is 6.75. The van der Waals surface area contributed by atoms with Gasteiger partial charge in [-0.1, -0.05) is 26.8 Å². The molecule has 1 heterocycles. The third-order valence-corrected chi connectivity index (χ3v) is 13.4. The van der Waals surface area contributed by atoms with Crippen LogP contribution in [0.2, 0.25) is 18.1 Å². The predicted molar refractivity (Wildman–Crippen MR) is 178 cm³/mol. The van der Waals surface area contributed by atoms with Crippen molar-refractivity contribution in [1.82, 2.24) is 15.0 Å². The van der Waals surface area contributed by atoms with E-state index in [0.29, 0.717) is 9.32 Å². The first-order valence-corrected chi connectivity index (χ1v) is 19.0. The lowest BCUT2D eigenvalue weighted by atomic mass is 9.99. The van der Waals surface area contributed by atoms with E-state index < -0.39 is 76.8 Å². The van der Waals surface area contributed by atoms with Gasteiger partial charge >= 0.3 is 0 Å². The Hall–Kier alpha value is -3.22. The van der Waals surface area contributed by atoms with Gasteiger partial charge in [0.1, 0.15) is 11.6 Å². The van der Waals surface area contributed by atoms with Crippen molar-refractivity contribution in [3.63, 3.8) is 0 Å². The second kappa shape index (κ2) is 14.0. The highest BCUT2D eigenvalue weighted by Gasteiger charge is 2.39. The van der Waals surface area contributed by atoms with Crippen molar-refractivity contribution in [3.8, 4) is 5.75 Å². The van der Waals surface area contributed by atoms with Crippen molar-refractivity contribution in [1.29, 1.82) is 0 Å². The third-order valence-electron chi connectivity index (χ3n) is 7.24. The number of anilines is 3. The number of aromatic nitrogens is 1. The molecule has 1 amide bonds. The van der Waals surface area contributed by atoms with Crippen LogP contribution in [0.4, 0.5) is 34.8 Å². The van der Waals surface area contributed by atoms with Crippen LogP contribution >= 0.6 is 22.6 Å². The number of carbonyl (C=O) groups is 1. The largest absolute Gasteiger partial charge is 0.543 e. The monoisotopic (exact) mass is 779 g/mol. The van der Waals surface area contributed by atoms with E-state index >= 15 is 17.6 Å². The summed E-state index contributed by atoms with van der Waals surface area (Å²) in [6.07, 6.45) is 1.86. The minimum Gasteiger partial charge on any atom is -0.543 e. The zero-order chi connectivity index (χ0) is 33.9. The molecule has 45 heavy (non-hydrogen) atoms. The molecule has 0 fully saturated rings. The summed E-state index contributed by atoms with van der Waals surface area (Å²) < 4.78 is 96.0. The van der Waals surface area contributed by atoms with E-state index in [1.165, 1.54) is 18.2 Å². The van der Waals surface area contributed by atoms with Crippen LogP contribution in [0.15, 0.2) is 43.1 Å². The first-order chi connectivity index (χ1) is 20.8. The quantitative estimate of drug-likeness (QED) is 0.0699. The van der Waals surface area contributed by atoms with Crippen LogP contribution in [-0.2, 0) is 16.6 Å². The van der Waals surface area contributed by atoms with E-state index in [4.69, 9.17) is 4.43 Å². The molecule has 0 spiro atoms. The van der Waals surface area contributed by atoms with Crippen LogP contribution in [0.25, 0.3) is 0 Å². The molecule has 0 radical (unpaired) electrons. The van der Waals surface area contributed by atoms with Crippen molar-refractivity contribution < 1.29 is 35.2 Å². The maximum absolute atomic E-state index is 15.8. The molecule has 16 heteroatoms. The maximum Gasteiger partial charge on any atom is 0.300 e. The van der Waals surface area contributed by atoms with Crippen molar-refractivity contribution in [3.05, 3.63) is 86.6 Å². The second-order valence-electron chi connectivity index (χ2n) is 11.5. The van der Waals surface area contributed by atoms with Crippen molar-refractivity contribution in [2.24, 2.45) is 0 Å². The van der Waals surface area contributed by atoms with Crippen LogP contribution in [-0.4, -0.2) is 41.2 Å². The molecular formula is C29H34F4IN5O4SSi. The van der Waals surface area contributed by atoms with Gasteiger partial charge < -0.3 is 15.1 Å². The Kier molecular flexibility index (Phi) is 11.3. The Morgan fingerprint density at radius 3 is 2.36 bits per heavy atom. The highest BCUT2D eigenvalue weighted by Crippen LogP contribution is 2.40. The van der Waals surface area contributed by atoms with Gasteiger partial charge in [0.25, 0.3) is 24.4 Å². The molecule has 0 aliphatic rings. The normalized spacial score (nSPS) is 12.1. The summed E-state index contributed by atoms with van der Waals surface area (Å²) in [6, 6.07) is 4.67. The lowest BCUT2D eigenvalue weighted by Gasteiger charge is -2.36. The van der Waals surface area contributed by atoms with Gasteiger partial charge in [-0.3, -0.25) is 9.52 Å². The number of carbonyl (C=O) groups excluding carboxylic acids is 1. The molecule has 0 unspecified atom stereocenters. The van der Waals surface area contributed by atoms with Crippen LogP contribution in [0.5, 0.6) is 5.75 Å². The number of pyridine rings is 1. The molecule has 4 N–H and O–H groups in total. The topological polar surface area (TPSA) is 121 Å². The molecule has 3 rings (SSSR count). The van der Waals surface area contributed by atoms with E-state index in [0.717, 1.165) is 25.4 Å². The van der Waals surface area contributed by atoms with E-state index in [2.05, 4.69) is 22.2 Å². The first-order valence-electron chi connectivity index (χ1n) is 13.5. The molecular weight excluding hydrogens is 745 g/mol. The van der Waals surface area contributed by atoms with Gasteiger partial charge in [-0.2, -0.15) is 8.42 Å². The smallest absolute Gasteiger partial charge is 0.300 e. The van der Waals surface area contributed by atoms with Crippen LogP contribution < -0.4 is 24.5 Å². The number of rotatable bonds is 12. The average molecular weight is 780 g/mol. The minimum absolute atomic E-state index is 0.0249. The Morgan fingerprint density at radius 2 is 1.76 bits per heavy atom. The van der Waals surface area contributed by atoms with Gasteiger partial charge in [0.2, 0.25) is 0 Å². The van der Waals surface area contributed by atoms with Gasteiger partial charge in [-0.05, 0) is 70.0 Å². The fourth-order valence-electron chi connectivity index (χ4n) is 3.71. The number of benzene rings is 2. The zero-order valence-electron chi connectivity index (χ0n) is 25.5. The van der Waals surface area contributed by atoms with Gasteiger partial charge in [-0.25, -0.2) is 27.3 Å². The van der Waals surface area contributed by atoms with E-state index in [-0.39, 0.29) is 22.8 Å². The van der Waals surface area contributed by atoms with E-state index in [9.17, 15) is 13.2 Å². The molecule has 0 saturated heterocycles. The SMILES string of the molecule is C=CCNC(=O)c1cc(Cc2ccnc(NS(=O)(=O)NC)c2F)c(F)c(F)c1Nc1cc(O[Si](C)(C)C(C)(C)C)c(I)cc1F. The van der Waals surface area contributed by atoms with Crippen molar-refractivity contribution >= 4 is 64.2 Å². The van der Waals surface area contributed by atoms with Crippen LogP contribution in [0.1, 0.15) is 42.3 Å². The molecule has 2 aromatic carbocycles. The highest BCUT2D eigenvalue weighted by molar-refractivity contribution is 14.1. The number of hydrogen-bond donors (Lipinski definition) is 4. The molecule has 244 valence electrons. The van der Waals surface area contributed by atoms with Crippen molar-refractivity contribution in [2.75, 3.05) is 23.6 Å². The van der Waals surface area contributed by atoms with Gasteiger partial charge in [0.15, 0.2) is 23.3 Å². The summed E-state index contributed by atoms with van der Waals surface area (Å²) in [5.74, 6) is -6.08. The molecule has 0 atom stereocenters. The Balaban J connectivity index is 2.12. The summed E-state index contributed by atoms with van der Waals surface area (Å²) in [7, 11) is -5.42. The number of nitrogens with one attached hydrogen (secondary N) is 4. The Labute approximate surface area is 274 Å². The Morgan fingerprint density at radius 1 is 1.09 bits per heavy atom. The molecule has 3 aromatic rings. The summed E-state index contributed by atoms with van der Waals surface area (Å²) in [6.45, 7) is 13.6. The fraction of sp³-hybridized carbons (Fsp3) is 0.310. The standard InChI is InChI=1S/C29H34F4IN5O4SSi/c1-8-10-37-28(40)18-13-17(12-16-9-11-36-27(24(16)32)39-44(41,42)35-5)23(31)25(33)26(18)38-21-15-22(20(34)14-19(21)30)43-45(6,7)29(2,3)4/h8-9,11,13-15,35,38H,1,10,12H2,2-7H3,(H,36,39)(H,37,40). The number of hydrogen-bond acceptors (Lipinski definition) is 6. The molecule has 1 aromatic heterocycles. The maximum atomic E-state index is 15.8. The van der Waals surface area contributed by atoms with Crippen molar-refractivity contribution in [2.45, 2.75) is 45.3 Å². The third kappa shape index (κ3) is 8.53. The lowest BCUT2D eigenvalue weighted by molar-refractivity contribution is 0.0958. The molecule has 0 aliphatic heterocycles. The van der Waals surface area contributed by atoms with Crippen LogP contribution in [0, 0.1) is 26.8 Å². The van der Waals surface area contributed by atoms with Gasteiger partial charge in [-0.15, -0.1) is 6.58 Å². The van der Waals surface area contributed by atoms with Gasteiger partial charge in [0.05, 0.1) is 20.5 Å². The van der Waals surface area contributed by atoms with Crippen LogP contribution in [0.3, 0.4) is 0 Å². The number of amides is 1. The van der Waals surface area contributed by atoms with Gasteiger partial charge in [0, 0.05) is 32.3 Å². The fourth-order valence-corrected chi connectivity index (χ4v) is 5.98. The Bertz CT molecular complexity index is 1740. The van der Waals surface area contributed by atoms with E-state index in [1.54, 1.807) is 0 Å². The minimum atomic E-state index is -4.13. The van der Waals surface area contributed by atoms with E-state index in [1.807, 2.05) is 65.9 Å². The highest BCUT2D eigenvalue weighted by atomic mass is 127. The average Bonchev–Trinajstić information content (AvgIpc) is 2.94. The molecule has 0 bridgehead atoms. The molecule has 9 nitrogen and oxygen atoms in total. The second-order valence-corrected chi connectivity index (χ2v) is 19.0. The molecule has 0 saturated carbocycles. The number of nitrogens with zero attached hydrogens (tertiary/aromatic N) is 1. The summed E-state index contributed by atoms with van der Waals surface area (Å²) in [4.78, 5) is 16.8. The summed E-state index contributed by atoms with van der Waals surface area (Å²) >= 11 is 1.92. The lowest BCUT2D eigenvalue weighted by Crippen LogP contribution is -2.44. The first kappa shape index (κ1) is 36.2.